The quantitative estimate of drug-likeness (QED) is 0.578. The van der Waals surface area contributed by atoms with Gasteiger partial charge < -0.3 is 15.6 Å². The van der Waals surface area contributed by atoms with E-state index in [1.807, 2.05) is 56.0 Å². The van der Waals surface area contributed by atoms with Gasteiger partial charge >= 0.3 is 0 Å². The van der Waals surface area contributed by atoms with Crippen LogP contribution in [0.5, 0.6) is 0 Å². The fourth-order valence-corrected chi connectivity index (χ4v) is 3.86. The summed E-state index contributed by atoms with van der Waals surface area (Å²) >= 11 is 0. The number of hydrogen-bond donors (Lipinski definition) is 3. The molecule has 0 aliphatic carbocycles. The first-order chi connectivity index (χ1) is 13.7. The van der Waals surface area contributed by atoms with Gasteiger partial charge in [-0.15, -0.1) is 12.4 Å². The molecule has 1 amide bonds. The number of aryl methyl sites for hydroxylation is 1. The van der Waals surface area contributed by atoms with Crippen LogP contribution in [0.1, 0.15) is 36.7 Å². The highest BCUT2D eigenvalue weighted by Gasteiger charge is 2.35. The molecule has 29 heavy (non-hydrogen) atoms. The lowest BCUT2D eigenvalue weighted by Crippen LogP contribution is -2.37. The van der Waals surface area contributed by atoms with E-state index >= 15 is 0 Å². The first kappa shape index (κ1) is 21.1. The molecule has 0 spiro atoms. The van der Waals surface area contributed by atoms with Gasteiger partial charge in [0.25, 0.3) is 0 Å². The van der Waals surface area contributed by atoms with Crippen molar-refractivity contribution in [3.63, 3.8) is 0 Å². The van der Waals surface area contributed by atoms with Crippen molar-refractivity contribution in [1.82, 2.24) is 30.4 Å². The zero-order valence-electron chi connectivity index (χ0n) is 16.6. The fourth-order valence-electron chi connectivity index (χ4n) is 3.86. The third kappa shape index (κ3) is 4.52. The van der Waals surface area contributed by atoms with E-state index in [1.54, 1.807) is 4.68 Å². The maximum Gasteiger partial charge on any atom is 0.225 e. The molecule has 3 N–H and O–H groups in total. The van der Waals surface area contributed by atoms with Crippen LogP contribution in [-0.2, 0) is 11.8 Å². The predicted molar refractivity (Wildman–Crippen MR) is 115 cm³/mol. The molecule has 1 aromatic carbocycles. The smallest absolute Gasteiger partial charge is 0.225 e. The Kier molecular flexibility index (Phi) is 6.71. The van der Waals surface area contributed by atoms with Gasteiger partial charge in [0.1, 0.15) is 5.82 Å². The number of H-pyrrole nitrogens is 1. The summed E-state index contributed by atoms with van der Waals surface area (Å²) in [4.78, 5) is 20.9. The molecule has 3 atom stereocenters. The second-order valence-electron chi connectivity index (χ2n) is 7.34. The summed E-state index contributed by atoms with van der Waals surface area (Å²) in [5.41, 5.74) is 3.14. The molecule has 1 fully saturated rings. The molecule has 1 aliphatic heterocycles. The van der Waals surface area contributed by atoms with E-state index in [2.05, 4.69) is 32.6 Å². The van der Waals surface area contributed by atoms with Gasteiger partial charge in [0.2, 0.25) is 5.91 Å². The Morgan fingerprint density at radius 3 is 2.76 bits per heavy atom. The lowest BCUT2D eigenvalue weighted by atomic mass is 9.90. The van der Waals surface area contributed by atoms with Crippen LogP contribution in [0.15, 0.2) is 48.9 Å². The number of carbonyl (C=O) groups is 1. The summed E-state index contributed by atoms with van der Waals surface area (Å²) < 4.78 is 1.78. The van der Waals surface area contributed by atoms with Crippen molar-refractivity contribution >= 4 is 18.3 Å². The third-order valence-electron chi connectivity index (χ3n) is 5.44. The third-order valence-corrected chi connectivity index (χ3v) is 5.44. The Hall–Kier alpha value is -2.64. The van der Waals surface area contributed by atoms with Crippen molar-refractivity contribution in [1.29, 1.82) is 0 Å². The molecule has 1 unspecified atom stereocenters. The number of rotatable bonds is 6. The van der Waals surface area contributed by atoms with E-state index < -0.39 is 0 Å². The Labute approximate surface area is 176 Å². The van der Waals surface area contributed by atoms with Crippen LogP contribution in [0.25, 0.3) is 11.3 Å². The molecule has 7 nitrogen and oxygen atoms in total. The van der Waals surface area contributed by atoms with Crippen LogP contribution in [0.4, 0.5) is 0 Å². The van der Waals surface area contributed by atoms with Gasteiger partial charge in [-0.2, -0.15) is 5.10 Å². The van der Waals surface area contributed by atoms with Crippen LogP contribution < -0.4 is 10.6 Å². The van der Waals surface area contributed by atoms with Crippen molar-refractivity contribution in [2.24, 2.45) is 13.0 Å². The van der Waals surface area contributed by atoms with Crippen LogP contribution in [0, 0.1) is 5.92 Å². The van der Waals surface area contributed by atoms with Gasteiger partial charge in [-0.1, -0.05) is 37.3 Å². The zero-order valence-corrected chi connectivity index (χ0v) is 17.4. The standard InChI is InChI=1S/C21H26N6O.ClH/c1-3-18(20-23-12-19(25-20)14-7-5-4-6-8-14)26-21(28)17-11-22-10-16(17)15-9-24-27(2)13-15;/h4-9,12-13,16-18,22H,3,10-11H2,1-2H3,(H,23,25)(H,26,28);1H/t16-,17+,18?;/m1./s1. The molecule has 1 saturated heterocycles. The molecule has 154 valence electrons. The maximum atomic E-state index is 13.0. The summed E-state index contributed by atoms with van der Waals surface area (Å²) in [5, 5.41) is 10.8. The molecule has 2 aromatic heterocycles. The number of halogens is 1. The van der Waals surface area contributed by atoms with Crippen LogP contribution >= 0.6 is 12.4 Å². The molecule has 0 bridgehead atoms. The number of nitrogens with one attached hydrogen (secondary N) is 3. The highest BCUT2D eigenvalue weighted by Crippen LogP contribution is 2.29. The number of imidazole rings is 1. The van der Waals surface area contributed by atoms with Crippen LogP contribution in [0.2, 0.25) is 0 Å². The number of carbonyl (C=O) groups excluding carboxylic acids is 1. The molecule has 0 radical (unpaired) electrons. The molecule has 3 aromatic rings. The van der Waals surface area contributed by atoms with E-state index in [9.17, 15) is 4.79 Å². The van der Waals surface area contributed by atoms with Gasteiger partial charge in [-0.25, -0.2) is 4.98 Å². The minimum absolute atomic E-state index is 0. The average molecular weight is 415 g/mol. The van der Waals surface area contributed by atoms with Crippen molar-refractivity contribution < 1.29 is 4.79 Å². The number of amides is 1. The minimum Gasteiger partial charge on any atom is -0.346 e. The van der Waals surface area contributed by atoms with E-state index in [-0.39, 0.29) is 36.2 Å². The van der Waals surface area contributed by atoms with Crippen molar-refractivity contribution in [2.75, 3.05) is 13.1 Å². The average Bonchev–Trinajstić information content (AvgIpc) is 3.46. The van der Waals surface area contributed by atoms with E-state index in [0.717, 1.165) is 35.6 Å². The lowest BCUT2D eigenvalue weighted by molar-refractivity contribution is -0.125. The largest absolute Gasteiger partial charge is 0.346 e. The first-order valence-electron chi connectivity index (χ1n) is 9.75. The Morgan fingerprint density at radius 1 is 1.28 bits per heavy atom. The second kappa shape index (κ2) is 9.24. The van der Waals surface area contributed by atoms with E-state index in [0.29, 0.717) is 6.54 Å². The monoisotopic (exact) mass is 414 g/mol. The van der Waals surface area contributed by atoms with Gasteiger partial charge in [0.05, 0.1) is 30.0 Å². The van der Waals surface area contributed by atoms with Crippen LogP contribution in [0.3, 0.4) is 0 Å². The number of hydrogen-bond acceptors (Lipinski definition) is 4. The van der Waals surface area contributed by atoms with Gasteiger partial charge in [-0.3, -0.25) is 9.48 Å². The highest BCUT2D eigenvalue weighted by atomic mass is 35.5. The molecular weight excluding hydrogens is 388 g/mol. The number of aromatic nitrogens is 4. The summed E-state index contributed by atoms with van der Waals surface area (Å²) in [5.74, 6) is 0.881. The number of aromatic amines is 1. The van der Waals surface area contributed by atoms with E-state index in [1.165, 1.54) is 0 Å². The van der Waals surface area contributed by atoms with Gasteiger partial charge in [-0.05, 0) is 17.5 Å². The normalized spacial score (nSPS) is 19.5. The predicted octanol–water partition coefficient (Wildman–Crippen LogP) is 2.80. The number of nitrogens with zero attached hydrogens (tertiary/aromatic N) is 3. The Bertz CT molecular complexity index is 938. The molecule has 3 heterocycles. The van der Waals surface area contributed by atoms with Crippen molar-refractivity contribution in [3.05, 3.63) is 60.3 Å². The molecule has 4 rings (SSSR count). The summed E-state index contributed by atoms with van der Waals surface area (Å²) in [6, 6.07) is 9.94. The summed E-state index contributed by atoms with van der Waals surface area (Å²) in [6.07, 6.45) is 6.45. The number of benzene rings is 1. The molecular formula is C21H27ClN6O. The molecule has 8 heteroatoms. The highest BCUT2D eigenvalue weighted by molar-refractivity contribution is 5.85. The topological polar surface area (TPSA) is 87.6 Å². The minimum atomic E-state index is -0.139. The maximum absolute atomic E-state index is 13.0. The molecule has 1 aliphatic rings. The Morgan fingerprint density at radius 2 is 2.07 bits per heavy atom. The van der Waals surface area contributed by atoms with E-state index in [4.69, 9.17) is 0 Å². The Balaban J connectivity index is 0.00000240. The first-order valence-corrected chi connectivity index (χ1v) is 9.75. The van der Waals surface area contributed by atoms with Gasteiger partial charge in [0.15, 0.2) is 0 Å². The van der Waals surface area contributed by atoms with Gasteiger partial charge in [0, 0.05) is 32.3 Å². The summed E-state index contributed by atoms with van der Waals surface area (Å²) in [6.45, 7) is 3.52. The summed E-state index contributed by atoms with van der Waals surface area (Å²) in [7, 11) is 1.90. The van der Waals surface area contributed by atoms with Crippen molar-refractivity contribution in [3.8, 4) is 11.3 Å². The SMILES string of the molecule is CCC(NC(=O)[C@H]1CNC[C@@H]1c1cnn(C)c1)c1ncc(-c2ccccc2)[nH]1.Cl. The fraction of sp³-hybridized carbons (Fsp3) is 0.381. The zero-order chi connectivity index (χ0) is 19.5. The van der Waals surface area contributed by atoms with Crippen molar-refractivity contribution in [2.45, 2.75) is 25.3 Å². The lowest BCUT2D eigenvalue weighted by Gasteiger charge is -2.21. The molecule has 0 saturated carbocycles. The van der Waals surface area contributed by atoms with Crippen LogP contribution in [-0.4, -0.2) is 38.7 Å². The second-order valence-corrected chi connectivity index (χ2v) is 7.34.